The van der Waals surface area contributed by atoms with Gasteiger partial charge in [-0.15, -0.1) is 0 Å². The Bertz CT molecular complexity index is 1860. The predicted molar refractivity (Wildman–Crippen MR) is 161 cm³/mol. The molecule has 1 unspecified atom stereocenters. The van der Waals surface area contributed by atoms with Gasteiger partial charge in [-0.05, 0) is 60.4 Å². The monoisotopic (exact) mass is 574 g/mol. The number of aryl methyl sites for hydroxylation is 2. The van der Waals surface area contributed by atoms with Gasteiger partial charge in [0.05, 0.1) is 24.4 Å². The smallest absolute Gasteiger partial charge is 0.295 e. The molecule has 1 aliphatic heterocycles. The molecule has 0 aliphatic carbocycles. The summed E-state index contributed by atoms with van der Waals surface area (Å²) in [7, 11) is 1.53. The van der Waals surface area contributed by atoms with E-state index in [1.165, 1.54) is 12.0 Å². The number of imidazole rings is 1. The maximum Gasteiger partial charge on any atom is 0.295 e. The van der Waals surface area contributed by atoms with Gasteiger partial charge in [0.2, 0.25) is 0 Å². The number of aromatic nitrogens is 3. The fourth-order valence-electron chi connectivity index (χ4n) is 5.46. The third-order valence-corrected chi connectivity index (χ3v) is 7.66. The number of likely N-dealkylation sites (tertiary alicyclic amines) is 1. The fraction of sp³-hybridized carbons (Fsp3) is 0.176. The Morgan fingerprint density at radius 3 is 2.47 bits per heavy atom. The molecule has 0 spiro atoms. The van der Waals surface area contributed by atoms with E-state index in [4.69, 9.17) is 9.47 Å². The van der Waals surface area contributed by atoms with Gasteiger partial charge in [-0.3, -0.25) is 14.6 Å². The molecular formula is C34H30N4O5. The summed E-state index contributed by atoms with van der Waals surface area (Å²) in [6.45, 7) is 4.18. The number of aliphatic hydroxyl groups excluding tert-OH is 1. The van der Waals surface area contributed by atoms with Crippen LogP contribution in [0.15, 0.2) is 97.0 Å². The topological polar surface area (TPSA) is 106 Å². The van der Waals surface area contributed by atoms with E-state index < -0.39 is 17.7 Å². The summed E-state index contributed by atoms with van der Waals surface area (Å²) < 4.78 is 13.6. The fourth-order valence-corrected chi connectivity index (χ4v) is 5.46. The molecule has 1 fully saturated rings. The molecule has 0 radical (unpaired) electrons. The lowest BCUT2D eigenvalue weighted by molar-refractivity contribution is -0.140. The maximum absolute atomic E-state index is 13.7. The number of rotatable bonds is 8. The van der Waals surface area contributed by atoms with Crippen LogP contribution in [0.1, 0.15) is 39.7 Å². The van der Waals surface area contributed by atoms with Gasteiger partial charge in [-0.1, -0.05) is 48.5 Å². The summed E-state index contributed by atoms with van der Waals surface area (Å²) in [6.07, 6.45) is 5.13. The second kappa shape index (κ2) is 11.4. The average Bonchev–Trinajstić information content (AvgIpc) is 3.50. The molecule has 216 valence electrons. The quantitative estimate of drug-likeness (QED) is 0.147. The molecule has 43 heavy (non-hydrogen) atoms. The molecule has 1 aliphatic rings. The Morgan fingerprint density at radius 2 is 1.74 bits per heavy atom. The molecule has 5 aromatic rings. The number of Topliss-reactive ketones (excluding diaryl/α,β-unsaturated/α-hetero) is 1. The average molecular weight is 575 g/mol. The highest BCUT2D eigenvalue weighted by atomic mass is 16.5. The Labute approximate surface area is 248 Å². The molecule has 1 amide bonds. The van der Waals surface area contributed by atoms with Gasteiger partial charge >= 0.3 is 0 Å². The highest BCUT2D eigenvalue weighted by Gasteiger charge is 2.47. The van der Waals surface area contributed by atoms with Crippen LogP contribution < -0.4 is 9.47 Å². The number of carbonyl (C=O) groups excluding carboxylic acids is 2. The number of benzene rings is 2. The summed E-state index contributed by atoms with van der Waals surface area (Å²) in [4.78, 5) is 37.5. The van der Waals surface area contributed by atoms with Gasteiger partial charge in [-0.2, -0.15) is 0 Å². The van der Waals surface area contributed by atoms with E-state index in [1.807, 2.05) is 73.0 Å². The third kappa shape index (κ3) is 5.10. The van der Waals surface area contributed by atoms with Crippen molar-refractivity contribution in [3.63, 3.8) is 0 Å². The van der Waals surface area contributed by atoms with Gasteiger partial charge in [0.15, 0.2) is 17.3 Å². The number of methoxy groups -OCH3 is 1. The Hall–Kier alpha value is -5.44. The molecule has 3 aromatic heterocycles. The van der Waals surface area contributed by atoms with Gasteiger partial charge < -0.3 is 23.9 Å². The van der Waals surface area contributed by atoms with Gasteiger partial charge in [0.25, 0.3) is 11.7 Å². The van der Waals surface area contributed by atoms with Crippen LogP contribution in [0.5, 0.6) is 11.5 Å². The molecule has 0 bridgehead atoms. The van der Waals surface area contributed by atoms with Crippen LogP contribution >= 0.6 is 0 Å². The highest BCUT2D eigenvalue weighted by Crippen LogP contribution is 2.43. The molecule has 1 atom stereocenters. The highest BCUT2D eigenvalue weighted by molar-refractivity contribution is 6.46. The number of ether oxygens (including phenoxy) is 2. The summed E-state index contributed by atoms with van der Waals surface area (Å²) in [5, 5.41) is 11.7. The lowest BCUT2D eigenvalue weighted by Crippen LogP contribution is -2.29. The van der Waals surface area contributed by atoms with E-state index in [9.17, 15) is 14.7 Å². The van der Waals surface area contributed by atoms with Crippen LogP contribution in [-0.2, 0) is 22.7 Å². The van der Waals surface area contributed by atoms with E-state index in [0.717, 1.165) is 16.7 Å². The van der Waals surface area contributed by atoms with E-state index in [0.29, 0.717) is 35.0 Å². The summed E-state index contributed by atoms with van der Waals surface area (Å²) in [6, 6.07) is 21.5. The lowest BCUT2D eigenvalue weighted by atomic mass is 9.95. The standard InChI is InChI=1S/C34H30N4O5/c1-21-9-8-16-37-22(2)29(36-33(21)37)31(39)28-30(38(34(41)32(28)40)19-24-12-7-15-35-18-24)25-13-14-26(27(17-25)42-3)43-20-23-10-5-4-6-11-23/h4-18,30,39H,19-20H2,1-3H3/b31-28+. The van der Waals surface area contributed by atoms with Gasteiger partial charge in [-0.25, -0.2) is 4.98 Å². The van der Waals surface area contributed by atoms with Crippen LogP contribution in [0, 0.1) is 13.8 Å². The Balaban J connectivity index is 1.47. The number of aliphatic hydroxyl groups is 1. The normalized spacial score (nSPS) is 16.2. The molecular weight excluding hydrogens is 544 g/mol. The number of fused-ring (bicyclic) bond motifs is 1. The van der Waals surface area contributed by atoms with Crippen LogP contribution in [0.3, 0.4) is 0 Å². The van der Waals surface area contributed by atoms with Crippen molar-refractivity contribution in [1.29, 1.82) is 0 Å². The van der Waals surface area contributed by atoms with Crippen molar-refractivity contribution in [3.05, 3.63) is 131 Å². The minimum Gasteiger partial charge on any atom is -0.505 e. The van der Waals surface area contributed by atoms with Crippen molar-refractivity contribution in [2.45, 2.75) is 33.0 Å². The predicted octanol–water partition coefficient (Wildman–Crippen LogP) is 5.56. The van der Waals surface area contributed by atoms with Crippen molar-refractivity contribution in [3.8, 4) is 11.5 Å². The first-order chi connectivity index (χ1) is 20.9. The molecule has 4 heterocycles. The maximum atomic E-state index is 13.7. The van der Waals surface area contributed by atoms with Crippen molar-refractivity contribution in [2.24, 2.45) is 0 Å². The molecule has 1 N–H and O–H groups in total. The first-order valence-electron chi connectivity index (χ1n) is 13.8. The minimum atomic E-state index is -0.914. The van der Waals surface area contributed by atoms with Crippen LogP contribution in [-0.4, -0.2) is 43.2 Å². The van der Waals surface area contributed by atoms with Crippen LogP contribution in [0.25, 0.3) is 11.4 Å². The van der Waals surface area contributed by atoms with Crippen molar-refractivity contribution in [2.75, 3.05) is 7.11 Å². The van der Waals surface area contributed by atoms with E-state index in [1.54, 1.807) is 36.7 Å². The summed E-state index contributed by atoms with van der Waals surface area (Å²) >= 11 is 0. The van der Waals surface area contributed by atoms with E-state index in [-0.39, 0.29) is 23.6 Å². The number of pyridine rings is 2. The molecule has 9 heteroatoms. The molecule has 2 aromatic carbocycles. The Morgan fingerprint density at radius 1 is 0.953 bits per heavy atom. The molecule has 1 saturated heterocycles. The number of hydrogen-bond acceptors (Lipinski definition) is 7. The van der Waals surface area contributed by atoms with Gasteiger partial charge in [0, 0.05) is 25.1 Å². The second-order valence-electron chi connectivity index (χ2n) is 10.4. The first-order valence-corrected chi connectivity index (χ1v) is 13.8. The molecule has 9 nitrogen and oxygen atoms in total. The second-order valence-corrected chi connectivity index (χ2v) is 10.4. The van der Waals surface area contributed by atoms with E-state index >= 15 is 0 Å². The van der Waals surface area contributed by atoms with Crippen molar-refractivity contribution in [1.82, 2.24) is 19.3 Å². The molecule has 0 saturated carbocycles. The Kier molecular flexibility index (Phi) is 7.38. The van der Waals surface area contributed by atoms with Crippen molar-refractivity contribution < 1.29 is 24.2 Å². The van der Waals surface area contributed by atoms with Crippen LogP contribution in [0.2, 0.25) is 0 Å². The first kappa shape index (κ1) is 27.7. The van der Waals surface area contributed by atoms with Crippen molar-refractivity contribution >= 4 is 23.1 Å². The number of nitrogens with zero attached hydrogens (tertiary/aromatic N) is 4. The largest absolute Gasteiger partial charge is 0.505 e. The zero-order valence-electron chi connectivity index (χ0n) is 24.0. The number of hydrogen-bond donors (Lipinski definition) is 1. The number of carbonyl (C=O) groups is 2. The lowest BCUT2D eigenvalue weighted by Gasteiger charge is -2.26. The van der Waals surface area contributed by atoms with E-state index in [2.05, 4.69) is 9.97 Å². The zero-order chi connectivity index (χ0) is 30.1. The summed E-state index contributed by atoms with van der Waals surface area (Å²) in [5.74, 6) is -0.911. The summed E-state index contributed by atoms with van der Waals surface area (Å²) in [5.41, 5.74) is 4.73. The number of ketones is 1. The minimum absolute atomic E-state index is 0.0435. The SMILES string of the molecule is COc1cc(C2/C(=C(\O)c3nc4c(C)cccn4c3C)C(=O)C(=O)N2Cc2cccnc2)ccc1OCc1ccccc1. The third-order valence-electron chi connectivity index (χ3n) is 7.66. The van der Waals surface area contributed by atoms with Gasteiger partial charge in [0.1, 0.15) is 17.9 Å². The molecule has 6 rings (SSSR count). The number of amides is 1. The zero-order valence-corrected chi connectivity index (χ0v) is 24.0. The van der Waals surface area contributed by atoms with Crippen LogP contribution in [0.4, 0.5) is 0 Å².